The van der Waals surface area contributed by atoms with Gasteiger partial charge in [-0.25, -0.2) is 0 Å². The zero-order valence-electron chi connectivity index (χ0n) is 17.1. The van der Waals surface area contributed by atoms with Crippen LogP contribution < -0.4 is 0 Å². The van der Waals surface area contributed by atoms with Crippen LogP contribution in [-0.2, 0) is 38.0 Å². The molecule has 168 valence electrons. The Bertz CT molecular complexity index is 495. The van der Waals surface area contributed by atoms with E-state index < -0.39 is 11.6 Å². The number of hydrogen-bond donors (Lipinski definition) is 2. The minimum Gasteiger partial charge on any atom is -0.466 e. The number of rotatable bonds is 12. The van der Waals surface area contributed by atoms with Gasteiger partial charge in [0.15, 0.2) is 11.6 Å². The molecule has 2 rings (SSSR count). The first kappa shape index (κ1) is 24.0. The normalized spacial score (nSPS) is 31.7. The summed E-state index contributed by atoms with van der Waals surface area (Å²) in [5.74, 6) is -2.55. The summed E-state index contributed by atoms with van der Waals surface area (Å²) >= 11 is 0. The number of aliphatic hydroxyl groups is 2. The van der Waals surface area contributed by atoms with Crippen molar-refractivity contribution >= 4 is 11.9 Å². The standard InChI is InChI=1S/C19H32O10/c1-18(26-12-14(10-20)28-18)6-4-16(22)24-8-3-9-25-17(23)5-7-19(2)27-13-15(11-21)29-19/h14-15,20-21H,3-13H2,1-2H3. The second kappa shape index (κ2) is 11.2. The van der Waals surface area contributed by atoms with Gasteiger partial charge < -0.3 is 38.6 Å². The Morgan fingerprint density at radius 3 is 1.62 bits per heavy atom. The maximum atomic E-state index is 11.8. The first-order valence-corrected chi connectivity index (χ1v) is 9.94. The van der Waals surface area contributed by atoms with Gasteiger partial charge in [0, 0.05) is 19.3 Å². The van der Waals surface area contributed by atoms with Crippen LogP contribution in [0.4, 0.5) is 0 Å². The molecule has 29 heavy (non-hydrogen) atoms. The van der Waals surface area contributed by atoms with E-state index in [-0.39, 0.29) is 63.4 Å². The van der Waals surface area contributed by atoms with E-state index >= 15 is 0 Å². The molecule has 0 aliphatic carbocycles. The summed E-state index contributed by atoms with van der Waals surface area (Å²) in [5.41, 5.74) is 0. The van der Waals surface area contributed by atoms with Crippen LogP contribution in [0.15, 0.2) is 0 Å². The Labute approximate surface area is 170 Å². The van der Waals surface area contributed by atoms with E-state index in [0.717, 1.165) is 0 Å². The van der Waals surface area contributed by atoms with Gasteiger partial charge in [-0.2, -0.15) is 0 Å². The highest BCUT2D eigenvalue weighted by atomic mass is 16.8. The molecule has 0 amide bonds. The summed E-state index contributed by atoms with van der Waals surface area (Å²) in [6, 6.07) is 0. The van der Waals surface area contributed by atoms with Crippen molar-refractivity contribution in [3.05, 3.63) is 0 Å². The number of ether oxygens (including phenoxy) is 6. The van der Waals surface area contributed by atoms with Gasteiger partial charge in [-0.3, -0.25) is 9.59 Å². The molecule has 0 aromatic carbocycles. The third-order valence-corrected chi connectivity index (χ3v) is 4.77. The highest BCUT2D eigenvalue weighted by Crippen LogP contribution is 2.28. The molecule has 2 heterocycles. The van der Waals surface area contributed by atoms with Crippen LogP contribution >= 0.6 is 0 Å². The van der Waals surface area contributed by atoms with E-state index in [1.54, 1.807) is 13.8 Å². The van der Waals surface area contributed by atoms with E-state index in [2.05, 4.69) is 0 Å². The molecule has 0 bridgehead atoms. The molecule has 4 atom stereocenters. The van der Waals surface area contributed by atoms with Crippen molar-refractivity contribution in [1.82, 2.24) is 0 Å². The number of carbonyl (C=O) groups is 2. The van der Waals surface area contributed by atoms with E-state index in [0.29, 0.717) is 32.5 Å². The van der Waals surface area contributed by atoms with Crippen molar-refractivity contribution in [3.8, 4) is 0 Å². The lowest BCUT2D eigenvalue weighted by Crippen LogP contribution is -2.29. The molecule has 4 unspecified atom stereocenters. The van der Waals surface area contributed by atoms with Crippen molar-refractivity contribution in [3.63, 3.8) is 0 Å². The van der Waals surface area contributed by atoms with Gasteiger partial charge in [-0.1, -0.05) is 0 Å². The van der Waals surface area contributed by atoms with Crippen LogP contribution in [-0.4, -0.2) is 85.6 Å². The maximum absolute atomic E-state index is 11.8. The monoisotopic (exact) mass is 420 g/mol. The van der Waals surface area contributed by atoms with Gasteiger partial charge in [0.25, 0.3) is 0 Å². The van der Waals surface area contributed by atoms with Crippen LogP contribution in [0.3, 0.4) is 0 Å². The zero-order chi connectivity index (χ0) is 21.3. The smallest absolute Gasteiger partial charge is 0.305 e. The Kier molecular flexibility index (Phi) is 9.25. The molecule has 2 aliphatic rings. The Morgan fingerprint density at radius 2 is 1.28 bits per heavy atom. The van der Waals surface area contributed by atoms with Crippen molar-refractivity contribution in [2.75, 3.05) is 39.6 Å². The molecule has 10 heteroatoms. The fourth-order valence-corrected chi connectivity index (χ4v) is 3.06. The van der Waals surface area contributed by atoms with Gasteiger partial charge >= 0.3 is 11.9 Å². The predicted molar refractivity (Wildman–Crippen MR) is 97.6 cm³/mol. The fourth-order valence-electron chi connectivity index (χ4n) is 3.06. The Morgan fingerprint density at radius 1 is 0.862 bits per heavy atom. The summed E-state index contributed by atoms with van der Waals surface area (Å²) in [6.45, 7) is 4.09. The average molecular weight is 420 g/mol. The zero-order valence-corrected chi connectivity index (χ0v) is 17.1. The van der Waals surface area contributed by atoms with Crippen molar-refractivity contribution < 1.29 is 48.2 Å². The van der Waals surface area contributed by atoms with Gasteiger partial charge in [0.1, 0.15) is 12.2 Å². The molecule has 2 fully saturated rings. The minimum absolute atomic E-state index is 0.124. The second-order valence-electron chi connectivity index (χ2n) is 7.53. The predicted octanol–water partition coefficient (Wildman–Crippen LogP) is 0.271. The topological polar surface area (TPSA) is 130 Å². The third-order valence-electron chi connectivity index (χ3n) is 4.77. The Balaban J connectivity index is 1.49. The lowest BCUT2D eigenvalue weighted by Gasteiger charge is -2.22. The van der Waals surface area contributed by atoms with E-state index in [9.17, 15) is 9.59 Å². The van der Waals surface area contributed by atoms with E-state index in [1.165, 1.54) is 0 Å². The molecule has 0 spiro atoms. The molecule has 0 aromatic rings. The summed E-state index contributed by atoms with van der Waals surface area (Å²) in [6.07, 6.45) is 0.580. The van der Waals surface area contributed by atoms with Crippen LogP contribution in [0.1, 0.15) is 46.0 Å². The average Bonchev–Trinajstić information content (AvgIpc) is 3.28. The largest absolute Gasteiger partial charge is 0.466 e. The molecular weight excluding hydrogens is 388 g/mol. The lowest BCUT2D eigenvalue weighted by molar-refractivity contribution is -0.171. The second-order valence-corrected chi connectivity index (χ2v) is 7.53. The maximum Gasteiger partial charge on any atom is 0.305 e. The Hall–Kier alpha value is -1.30. The highest BCUT2D eigenvalue weighted by molar-refractivity contribution is 5.69. The van der Waals surface area contributed by atoms with E-state index in [1.807, 2.05) is 0 Å². The molecule has 2 aliphatic heterocycles. The third kappa shape index (κ3) is 8.15. The molecule has 2 N–H and O–H groups in total. The van der Waals surface area contributed by atoms with E-state index in [4.69, 9.17) is 38.6 Å². The van der Waals surface area contributed by atoms with Crippen LogP contribution in [0, 0.1) is 0 Å². The molecular formula is C19H32O10. The number of hydrogen-bond acceptors (Lipinski definition) is 10. The molecule has 0 saturated carbocycles. The summed E-state index contributed by atoms with van der Waals surface area (Å²) < 4.78 is 32.2. The van der Waals surface area contributed by atoms with Crippen LogP contribution in [0.25, 0.3) is 0 Å². The molecule has 2 saturated heterocycles. The number of carbonyl (C=O) groups excluding carboxylic acids is 2. The van der Waals surface area contributed by atoms with Gasteiger partial charge in [0.2, 0.25) is 0 Å². The highest BCUT2D eigenvalue weighted by Gasteiger charge is 2.38. The summed E-state index contributed by atoms with van der Waals surface area (Å²) in [4.78, 5) is 23.6. The van der Waals surface area contributed by atoms with Crippen molar-refractivity contribution in [1.29, 1.82) is 0 Å². The van der Waals surface area contributed by atoms with Gasteiger partial charge in [-0.05, 0) is 13.8 Å². The lowest BCUT2D eigenvalue weighted by atomic mass is 10.1. The summed E-state index contributed by atoms with van der Waals surface area (Å²) in [7, 11) is 0. The summed E-state index contributed by atoms with van der Waals surface area (Å²) in [5, 5.41) is 18.1. The molecule has 10 nitrogen and oxygen atoms in total. The SMILES string of the molecule is CC1(CCC(=O)OCCCOC(=O)CCC2(C)OCC(CO)O2)OCC(CO)O1. The van der Waals surface area contributed by atoms with Gasteiger partial charge in [0.05, 0.1) is 52.5 Å². The molecule has 0 aromatic heterocycles. The van der Waals surface area contributed by atoms with Crippen LogP contribution in [0.2, 0.25) is 0 Å². The van der Waals surface area contributed by atoms with Gasteiger partial charge in [-0.15, -0.1) is 0 Å². The fraction of sp³-hybridized carbons (Fsp3) is 0.895. The number of aliphatic hydroxyl groups excluding tert-OH is 2. The minimum atomic E-state index is -0.886. The first-order chi connectivity index (χ1) is 13.8. The number of esters is 2. The van der Waals surface area contributed by atoms with Crippen molar-refractivity contribution in [2.24, 2.45) is 0 Å². The first-order valence-electron chi connectivity index (χ1n) is 9.94. The van der Waals surface area contributed by atoms with Crippen molar-refractivity contribution in [2.45, 2.75) is 69.7 Å². The quantitative estimate of drug-likeness (QED) is 0.335. The molecule has 0 radical (unpaired) electrons. The van der Waals surface area contributed by atoms with Crippen LogP contribution in [0.5, 0.6) is 0 Å².